The average Bonchev–Trinajstić information content (AvgIpc) is 2.80. The molecule has 191 valence electrons. The Labute approximate surface area is 196 Å². The zero-order chi connectivity index (χ0) is 23.6. The number of ether oxygens (including phenoxy) is 2. The summed E-state index contributed by atoms with van der Waals surface area (Å²) in [6, 6.07) is 0. The summed E-state index contributed by atoms with van der Waals surface area (Å²) in [5, 5.41) is 40.5. The van der Waals surface area contributed by atoms with Crippen LogP contribution in [0, 0.1) is 12.8 Å². The highest BCUT2D eigenvalue weighted by molar-refractivity contribution is 4.94. The molecule has 4 N–H and O–H groups in total. The Morgan fingerprint density at radius 2 is 1.28 bits per heavy atom. The Bertz CT molecular complexity index is 419. The van der Waals surface area contributed by atoms with Crippen molar-refractivity contribution >= 4 is 0 Å². The highest BCUT2D eigenvalue weighted by Crippen LogP contribution is 2.32. The molecule has 1 aliphatic heterocycles. The third-order valence-corrected chi connectivity index (χ3v) is 6.83. The Morgan fingerprint density at radius 3 is 1.81 bits per heavy atom. The summed E-state index contributed by atoms with van der Waals surface area (Å²) in [5.74, 6) is 0.127. The van der Waals surface area contributed by atoms with E-state index >= 15 is 0 Å². The van der Waals surface area contributed by atoms with Crippen LogP contribution in [0.1, 0.15) is 103 Å². The van der Waals surface area contributed by atoms with Crippen LogP contribution in [0.2, 0.25) is 0 Å². The summed E-state index contributed by atoms with van der Waals surface area (Å²) in [7, 11) is 0. The minimum atomic E-state index is -1.28. The fourth-order valence-electron chi connectivity index (χ4n) is 4.78. The molecule has 0 spiro atoms. The van der Waals surface area contributed by atoms with Crippen molar-refractivity contribution < 1.29 is 29.9 Å². The fourth-order valence-corrected chi connectivity index (χ4v) is 4.78. The molecule has 1 heterocycles. The molecule has 0 amide bonds. The summed E-state index contributed by atoms with van der Waals surface area (Å²) in [4.78, 5) is 0. The maximum atomic E-state index is 10.6. The van der Waals surface area contributed by atoms with Gasteiger partial charge in [0.25, 0.3) is 0 Å². The predicted molar refractivity (Wildman–Crippen MR) is 128 cm³/mol. The van der Waals surface area contributed by atoms with Crippen molar-refractivity contribution in [3.8, 4) is 0 Å². The number of rotatable bonds is 20. The summed E-state index contributed by atoms with van der Waals surface area (Å²) in [5.41, 5.74) is 0. The van der Waals surface area contributed by atoms with E-state index in [1.165, 1.54) is 57.8 Å². The van der Waals surface area contributed by atoms with E-state index in [0.717, 1.165) is 45.1 Å². The molecule has 1 fully saturated rings. The molecule has 0 bridgehead atoms. The Balaban J connectivity index is 2.46. The lowest BCUT2D eigenvalue weighted by Gasteiger charge is -2.43. The zero-order valence-corrected chi connectivity index (χ0v) is 20.5. The van der Waals surface area contributed by atoms with E-state index in [2.05, 4.69) is 13.8 Å². The highest BCUT2D eigenvalue weighted by Gasteiger charge is 2.45. The third kappa shape index (κ3) is 11.8. The first-order valence-electron chi connectivity index (χ1n) is 13.2. The van der Waals surface area contributed by atoms with Gasteiger partial charge < -0.3 is 29.9 Å². The first-order chi connectivity index (χ1) is 15.6. The van der Waals surface area contributed by atoms with Crippen LogP contribution in [-0.4, -0.2) is 70.8 Å². The molecule has 6 nitrogen and oxygen atoms in total. The van der Waals surface area contributed by atoms with Gasteiger partial charge in [0.1, 0.15) is 24.4 Å². The maximum absolute atomic E-state index is 10.6. The van der Waals surface area contributed by atoms with Crippen LogP contribution in [-0.2, 0) is 9.47 Å². The Hall–Kier alpha value is -0.240. The van der Waals surface area contributed by atoms with Gasteiger partial charge in [-0.2, -0.15) is 0 Å². The maximum Gasteiger partial charge on any atom is 0.111 e. The van der Waals surface area contributed by atoms with Crippen molar-refractivity contribution in [2.24, 2.45) is 5.92 Å². The molecule has 0 aromatic carbocycles. The van der Waals surface area contributed by atoms with Gasteiger partial charge in [0.15, 0.2) is 0 Å². The van der Waals surface area contributed by atoms with Gasteiger partial charge in [0.05, 0.1) is 12.7 Å². The van der Waals surface area contributed by atoms with E-state index in [1.54, 1.807) is 0 Å². The van der Waals surface area contributed by atoms with Crippen LogP contribution in [0.3, 0.4) is 0 Å². The van der Waals surface area contributed by atoms with Crippen molar-refractivity contribution in [1.82, 2.24) is 0 Å². The summed E-state index contributed by atoms with van der Waals surface area (Å²) < 4.78 is 11.2. The van der Waals surface area contributed by atoms with E-state index in [0.29, 0.717) is 6.61 Å². The van der Waals surface area contributed by atoms with Crippen LogP contribution in [0.4, 0.5) is 0 Å². The van der Waals surface area contributed by atoms with Gasteiger partial charge in [0.2, 0.25) is 0 Å². The molecule has 6 atom stereocenters. The molecule has 1 aliphatic rings. The van der Waals surface area contributed by atoms with Gasteiger partial charge in [-0.05, 0) is 32.1 Å². The number of unbranched alkanes of at least 4 members (excludes halogenated alkanes) is 11. The molecule has 1 unspecified atom stereocenters. The molecule has 1 saturated heterocycles. The molecule has 32 heavy (non-hydrogen) atoms. The van der Waals surface area contributed by atoms with Crippen LogP contribution >= 0.6 is 0 Å². The topological polar surface area (TPSA) is 99.4 Å². The molecule has 0 aromatic rings. The minimum Gasteiger partial charge on any atom is -0.394 e. The molecule has 6 heteroatoms. The number of hydrogen-bond acceptors (Lipinski definition) is 6. The Morgan fingerprint density at radius 1 is 0.750 bits per heavy atom. The molecule has 1 radical (unpaired) electrons. The van der Waals surface area contributed by atoms with Gasteiger partial charge in [-0.15, -0.1) is 0 Å². The smallest absolute Gasteiger partial charge is 0.111 e. The van der Waals surface area contributed by atoms with Crippen LogP contribution in [0.5, 0.6) is 0 Å². The lowest BCUT2D eigenvalue weighted by Crippen LogP contribution is -2.60. The van der Waals surface area contributed by atoms with Gasteiger partial charge in [-0.1, -0.05) is 84.0 Å². The van der Waals surface area contributed by atoms with E-state index in [9.17, 15) is 20.4 Å². The second-order valence-electron chi connectivity index (χ2n) is 9.49. The van der Waals surface area contributed by atoms with E-state index < -0.39 is 30.5 Å². The fraction of sp³-hybridized carbons (Fsp3) is 0.962. The molecular formula is C26H51O6. The molecule has 0 aliphatic carbocycles. The van der Waals surface area contributed by atoms with Crippen LogP contribution in [0.15, 0.2) is 0 Å². The normalized spacial score (nSPS) is 27.0. The SMILES string of the molecule is [CH2]COCCCCCCCC[C@H](CCCCCCCCC)C1O[C@H](CO)[C@H](O)[C@H](O)[C@H]1O. The minimum absolute atomic E-state index is 0.127. The van der Waals surface area contributed by atoms with Crippen molar-refractivity contribution in [2.45, 2.75) is 134 Å². The van der Waals surface area contributed by atoms with Crippen molar-refractivity contribution in [2.75, 3.05) is 19.8 Å². The lowest BCUT2D eigenvalue weighted by molar-refractivity contribution is -0.242. The number of aliphatic hydroxyl groups excluding tert-OH is 4. The monoisotopic (exact) mass is 459 g/mol. The number of aliphatic hydroxyl groups is 4. The average molecular weight is 460 g/mol. The first kappa shape index (κ1) is 29.8. The number of hydrogen-bond donors (Lipinski definition) is 4. The standard InChI is InChI=1S/C26H51O6/c1-3-5-6-7-8-11-14-17-21(18-15-12-9-10-13-16-19-31-4-2)26-25(30)24(29)23(28)22(20-27)32-26/h21-30H,2-20H2,1H3/t21-,22+,23-,24-,25+,26?/m0/s1. The summed E-state index contributed by atoms with van der Waals surface area (Å²) >= 11 is 0. The van der Waals surface area contributed by atoms with Gasteiger partial charge >= 0.3 is 0 Å². The molecule has 0 aromatic heterocycles. The zero-order valence-electron chi connectivity index (χ0n) is 20.5. The van der Waals surface area contributed by atoms with E-state index in [1.807, 2.05) is 0 Å². The molecular weight excluding hydrogens is 408 g/mol. The van der Waals surface area contributed by atoms with Crippen molar-refractivity contribution in [3.63, 3.8) is 0 Å². The van der Waals surface area contributed by atoms with Crippen LogP contribution in [0.25, 0.3) is 0 Å². The van der Waals surface area contributed by atoms with Crippen molar-refractivity contribution in [1.29, 1.82) is 0 Å². The predicted octanol–water partition coefficient (Wildman–Crippen LogP) is 4.17. The van der Waals surface area contributed by atoms with Gasteiger partial charge in [0, 0.05) is 13.2 Å². The highest BCUT2D eigenvalue weighted by atomic mass is 16.5. The second kappa shape index (κ2) is 19.1. The van der Waals surface area contributed by atoms with Crippen molar-refractivity contribution in [3.05, 3.63) is 6.92 Å². The third-order valence-electron chi connectivity index (χ3n) is 6.83. The second-order valence-corrected chi connectivity index (χ2v) is 9.49. The molecule has 0 saturated carbocycles. The van der Waals surface area contributed by atoms with E-state index in [-0.39, 0.29) is 12.5 Å². The van der Waals surface area contributed by atoms with E-state index in [4.69, 9.17) is 9.47 Å². The summed E-state index contributed by atoms with van der Waals surface area (Å²) in [6.45, 7) is 6.87. The van der Waals surface area contributed by atoms with Crippen LogP contribution < -0.4 is 0 Å². The van der Waals surface area contributed by atoms with Gasteiger partial charge in [-0.3, -0.25) is 0 Å². The Kier molecular flexibility index (Phi) is 17.8. The summed E-state index contributed by atoms with van der Waals surface area (Å²) in [6.07, 6.45) is 12.3. The molecule has 1 rings (SSSR count). The quantitative estimate of drug-likeness (QED) is 0.204. The van der Waals surface area contributed by atoms with Gasteiger partial charge in [-0.25, -0.2) is 0 Å². The lowest BCUT2D eigenvalue weighted by atomic mass is 9.82. The first-order valence-corrected chi connectivity index (χ1v) is 13.2. The largest absolute Gasteiger partial charge is 0.394 e.